The maximum atomic E-state index is 13.2. The van der Waals surface area contributed by atoms with Crippen molar-refractivity contribution in [2.24, 2.45) is 0 Å². The van der Waals surface area contributed by atoms with Gasteiger partial charge < -0.3 is 9.42 Å². The second-order valence-electron chi connectivity index (χ2n) is 8.38. The van der Waals surface area contributed by atoms with E-state index in [2.05, 4.69) is 10.1 Å². The molecule has 0 aliphatic carbocycles. The molecule has 3 aromatic carbocycles. The molecule has 178 valence electrons. The molecule has 0 atom stereocenters. The van der Waals surface area contributed by atoms with Crippen molar-refractivity contribution in [1.82, 2.24) is 19.3 Å². The number of aryl methyl sites for hydroxylation is 1. The molecule has 1 aliphatic rings. The fraction of sp³-hybridized carbons (Fsp3) is 0.192. The first kappa shape index (κ1) is 22.9. The standard InChI is InChI=1S/C26H24N4O4S/c1-19-27-26(28-34-19)23-9-5-6-20(16-23)17-29-14-15-30(18-25(29)31)35(32,33)24-12-10-22(11-13-24)21-7-3-2-4-8-21/h2-13,16H,14-15,17-18H2,1H3. The molecule has 0 N–H and O–H groups in total. The van der Waals surface area contributed by atoms with Crippen LogP contribution in [0.1, 0.15) is 11.5 Å². The summed E-state index contributed by atoms with van der Waals surface area (Å²) < 4.78 is 32.7. The maximum absolute atomic E-state index is 13.2. The zero-order valence-corrected chi connectivity index (χ0v) is 20.0. The molecule has 4 aromatic rings. The molecule has 0 bridgehead atoms. The third-order valence-corrected chi connectivity index (χ3v) is 7.83. The van der Waals surface area contributed by atoms with E-state index in [-0.39, 0.29) is 23.9 Å². The predicted molar refractivity (Wildman–Crippen MR) is 131 cm³/mol. The molecule has 2 heterocycles. The van der Waals surface area contributed by atoms with Crippen LogP contribution in [0, 0.1) is 6.92 Å². The normalized spacial score (nSPS) is 14.9. The topological polar surface area (TPSA) is 96.6 Å². The predicted octanol–water partition coefficient (Wildman–Crippen LogP) is 3.75. The molecule has 8 nitrogen and oxygen atoms in total. The fourth-order valence-corrected chi connectivity index (χ4v) is 5.48. The van der Waals surface area contributed by atoms with Crippen molar-refractivity contribution in [3.63, 3.8) is 0 Å². The third kappa shape index (κ3) is 4.87. The molecule has 5 rings (SSSR count). The molecule has 9 heteroatoms. The average molecular weight is 489 g/mol. The zero-order chi connectivity index (χ0) is 24.4. The minimum atomic E-state index is -3.77. The quantitative estimate of drug-likeness (QED) is 0.410. The lowest BCUT2D eigenvalue weighted by Crippen LogP contribution is -2.51. The summed E-state index contributed by atoms with van der Waals surface area (Å²) in [7, 11) is -3.77. The highest BCUT2D eigenvalue weighted by molar-refractivity contribution is 7.89. The molecule has 0 spiro atoms. The van der Waals surface area contributed by atoms with Crippen LogP contribution in [0.4, 0.5) is 0 Å². The van der Waals surface area contributed by atoms with E-state index in [0.717, 1.165) is 22.3 Å². The number of hydrogen-bond acceptors (Lipinski definition) is 6. The van der Waals surface area contributed by atoms with Crippen LogP contribution >= 0.6 is 0 Å². The lowest BCUT2D eigenvalue weighted by Gasteiger charge is -2.33. The van der Waals surface area contributed by atoms with Crippen LogP contribution < -0.4 is 0 Å². The highest BCUT2D eigenvalue weighted by Crippen LogP contribution is 2.24. The Bertz CT molecular complexity index is 1450. The Hall–Kier alpha value is -3.82. The molecule has 1 aromatic heterocycles. The number of piperazine rings is 1. The highest BCUT2D eigenvalue weighted by Gasteiger charge is 2.32. The van der Waals surface area contributed by atoms with Crippen molar-refractivity contribution >= 4 is 15.9 Å². The van der Waals surface area contributed by atoms with E-state index in [4.69, 9.17) is 4.52 Å². The smallest absolute Gasteiger partial charge is 0.243 e. The van der Waals surface area contributed by atoms with Crippen molar-refractivity contribution in [2.45, 2.75) is 18.4 Å². The highest BCUT2D eigenvalue weighted by atomic mass is 32.2. The molecule has 1 aliphatic heterocycles. The van der Waals surface area contributed by atoms with E-state index in [1.165, 1.54) is 4.31 Å². The van der Waals surface area contributed by atoms with Crippen molar-refractivity contribution in [2.75, 3.05) is 19.6 Å². The van der Waals surface area contributed by atoms with Gasteiger partial charge in [-0.2, -0.15) is 9.29 Å². The number of carbonyl (C=O) groups excluding carboxylic acids is 1. The van der Waals surface area contributed by atoms with Gasteiger partial charge in [0.1, 0.15) is 0 Å². The molecule has 0 unspecified atom stereocenters. The minimum absolute atomic E-state index is 0.182. The Balaban J connectivity index is 1.26. The van der Waals surface area contributed by atoms with Gasteiger partial charge in [0.05, 0.1) is 11.4 Å². The number of sulfonamides is 1. The Morgan fingerprint density at radius 2 is 1.60 bits per heavy atom. The summed E-state index contributed by atoms with van der Waals surface area (Å²) in [4.78, 5) is 19.0. The first-order chi connectivity index (χ1) is 16.9. The van der Waals surface area contributed by atoms with E-state index >= 15 is 0 Å². The van der Waals surface area contributed by atoms with Crippen LogP contribution in [-0.2, 0) is 21.4 Å². The van der Waals surface area contributed by atoms with Gasteiger partial charge in [-0.1, -0.05) is 65.8 Å². The van der Waals surface area contributed by atoms with E-state index in [0.29, 0.717) is 24.8 Å². The largest absolute Gasteiger partial charge is 0.339 e. The SMILES string of the molecule is Cc1nc(-c2cccc(CN3CCN(S(=O)(=O)c4ccc(-c5ccccc5)cc4)CC3=O)c2)no1. The number of rotatable bonds is 6. The summed E-state index contributed by atoms with van der Waals surface area (Å²) >= 11 is 0. The van der Waals surface area contributed by atoms with Crippen molar-refractivity contribution in [1.29, 1.82) is 0 Å². The van der Waals surface area contributed by atoms with Gasteiger partial charge in [-0.3, -0.25) is 4.79 Å². The van der Waals surface area contributed by atoms with Gasteiger partial charge in [0.15, 0.2) is 0 Å². The van der Waals surface area contributed by atoms with E-state index in [9.17, 15) is 13.2 Å². The van der Waals surface area contributed by atoms with Crippen LogP contribution in [0.5, 0.6) is 0 Å². The Kier molecular flexibility index (Phi) is 6.19. The van der Waals surface area contributed by atoms with Gasteiger partial charge >= 0.3 is 0 Å². The van der Waals surface area contributed by atoms with Crippen LogP contribution in [0.15, 0.2) is 88.3 Å². The third-order valence-electron chi connectivity index (χ3n) is 5.97. The molecule has 1 saturated heterocycles. The molecule has 1 amide bonds. The van der Waals surface area contributed by atoms with E-state index in [1.807, 2.05) is 54.6 Å². The van der Waals surface area contributed by atoms with Gasteiger partial charge in [-0.15, -0.1) is 0 Å². The van der Waals surface area contributed by atoms with E-state index in [1.54, 1.807) is 36.1 Å². The number of nitrogens with zero attached hydrogens (tertiary/aromatic N) is 4. The second kappa shape index (κ2) is 9.44. The summed E-state index contributed by atoms with van der Waals surface area (Å²) in [6, 6.07) is 24.1. The fourth-order valence-electron chi connectivity index (χ4n) is 4.10. The van der Waals surface area contributed by atoms with Gasteiger partial charge in [-0.05, 0) is 34.9 Å². The summed E-state index contributed by atoms with van der Waals surface area (Å²) in [5.74, 6) is 0.735. The Morgan fingerprint density at radius 3 is 2.29 bits per heavy atom. The molecular formula is C26H24N4O4S. The summed E-state index contributed by atoms with van der Waals surface area (Å²) in [5.41, 5.74) is 3.65. The zero-order valence-electron chi connectivity index (χ0n) is 19.2. The summed E-state index contributed by atoms with van der Waals surface area (Å²) in [5, 5.41) is 3.94. The van der Waals surface area contributed by atoms with Crippen LogP contribution in [0.2, 0.25) is 0 Å². The lowest BCUT2D eigenvalue weighted by atomic mass is 10.1. The molecular weight excluding hydrogens is 464 g/mol. The minimum Gasteiger partial charge on any atom is -0.339 e. The van der Waals surface area contributed by atoms with Crippen molar-refractivity contribution in [3.8, 4) is 22.5 Å². The monoisotopic (exact) mass is 488 g/mol. The summed E-state index contributed by atoms with van der Waals surface area (Å²) in [6.45, 7) is 2.46. The summed E-state index contributed by atoms with van der Waals surface area (Å²) in [6.07, 6.45) is 0. The second-order valence-corrected chi connectivity index (χ2v) is 10.3. The van der Waals surface area contributed by atoms with Crippen LogP contribution in [-0.4, -0.2) is 53.3 Å². The molecule has 0 saturated carbocycles. The first-order valence-electron chi connectivity index (χ1n) is 11.2. The lowest BCUT2D eigenvalue weighted by molar-refractivity contribution is -0.134. The van der Waals surface area contributed by atoms with Crippen molar-refractivity contribution < 1.29 is 17.7 Å². The van der Waals surface area contributed by atoms with Gasteiger partial charge in [0.2, 0.25) is 27.6 Å². The van der Waals surface area contributed by atoms with Gasteiger partial charge in [0.25, 0.3) is 0 Å². The number of carbonyl (C=O) groups is 1. The Labute approximate surface area is 203 Å². The number of hydrogen-bond donors (Lipinski definition) is 0. The number of aromatic nitrogens is 2. The molecule has 0 radical (unpaired) electrons. The van der Waals surface area contributed by atoms with Crippen LogP contribution in [0.25, 0.3) is 22.5 Å². The van der Waals surface area contributed by atoms with Crippen LogP contribution in [0.3, 0.4) is 0 Å². The average Bonchev–Trinajstić information content (AvgIpc) is 3.32. The van der Waals surface area contributed by atoms with Gasteiger partial charge in [0, 0.05) is 32.1 Å². The van der Waals surface area contributed by atoms with Gasteiger partial charge in [-0.25, -0.2) is 8.42 Å². The number of benzene rings is 3. The maximum Gasteiger partial charge on any atom is 0.243 e. The van der Waals surface area contributed by atoms with Crippen molar-refractivity contribution in [3.05, 3.63) is 90.3 Å². The molecule has 1 fully saturated rings. The first-order valence-corrected chi connectivity index (χ1v) is 12.7. The van der Waals surface area contributed by atoms with E-state index < -0.39 is 10.0 Å². The molecule has 35 heavy (non-hydrogen) atoms. The Morgan fingerprint density at radius 1 is 0.886 bits per heavy atom. The number of amides is 1.